The van der Waals surface area contributed by atoms with Crippen LogP contribution >= 0.6 is 0 Å². The molecule has 208 valence electrons. The number of nitrogens with zero attached hydrogens (tertiary/aromatic N) is 3. The van der Waals surface area contributed by atoms with Crippen molar-refractivity contribution in [1.82, 2.24) is 25.2 Å². The molecule has 0 aliphatic heterocycles. The summed E-state index contributed by atoms with van der Waals surface area (Å²) in [4.78, 5) is 29.3. The zero-order valence-corrected chi connectivity index (χ0v) is 20.5. The largest absolute Gasteiger partial charge is 0.389 e. The molecular weight excluding hydrogens is 516 g/mol. The molecule has 3 saturated carbocycles. The summed E-state index contributed by atoms with van der Waals surface area (Å²) in [6.07, 6.45) is -1.82. The molecule has 2 atom stereocenters. The standard InChI is InChI=1S/C25H29F6N5O2/c26-23(9-10-23)22(38)35-21(15-3-6-24(27,28)7-4-15)17-13-36-18(33-17)11-16(12-32-36)20(14-1-2-14)34-19(37)5-8-25(29,30)31/h11-15,20-21H,1-10H2,(H,34,37)(H,35,38)/t20-,21+/m1/s1. The van der Waals surface area contributed by atoms with Crippen LogP contribution < -0.4 is 10.6 Å². The van der Waals surface area contributed by atoms with Gasteiger partial charge in [-0.15, -0.1) is 0 Å². The Bertz CT molecular complexity index is 1200. The lowest BCUT2D eigenvalue weighted by Crippen LogP contribution is -2.41. The van der Waals surface area contributed by atoms with Crippen LogP contribution in [0.3, 0.4) is 0 Å². The van der Waals surface area contributed by atoms with E-state index in [2.05, 4.69) is 20.7 Å². The molecule has 5 rings (SSSR count). The van der Waals surface area contributed by atoms with E-state index >= 15 is 0 Å². The van der Waals surface area contributed by atoms with E-state index in [1.807, 2.05) is 0 Å². The Labute approximate surface area is 214 Å². The van der Waals surface area contributed by atoms with Gasteiger partial charge in [-0.25, -0.2) is 22.7 Å². The molecule has 13 heteroatoms. The molecule has 2 aromatic rings. The van der Waals surface area contributed by atoms with Gasteiger partial charge in [-0.1, -0.05) is 0 Å². The van der Waals surface area contributed by atoms with Crippen LogP contribution in [0.1, 0.15) is 87.5 Å². The van der Waals surface area contributed by atoms with Crippen molar-refractivity contribution in [3.63, 3.8) is 0 Å². The maximum Gasteiger partial charge on any atom is 0.389 e. The van der Waals surface area contributed by atoms with Crippen LogP contribution in [0, 0.1) is 11.8 Å². The second-order valence-electron chi connectivity index (χ2n) is 10.9. The van der Waals surface area contributed by atoms with Crippen molar-refractivity contribution in [3.05, 3.63) is 29.7 Å². The third-order valence-electron chi connectivity index (χ3n) is 7.70. The van der Waals surface area contributed by atoms with Crippen molar-refractivity contribution in [3.8, 4) is 0 Å². The molecule has 2 aromatic heterocycles. The molecule has 0 aromatic carbocycles. The summed E-state index contributed by atoms with van der Waals surface area (Å²) in [7, 11) is 0. The minimum atomic E-state index is -4.43. The Morgan fingerprint density at radius 3 is 2.26 bits per heavy atom. The molecule has 3 aliphatic carbocycles. The van der Waals surface area contributed by atoms with Gasteiger partial charge in [0.15, 0.2) is 11.3 Å². The number of rotatable bonds is 9. The fraction of sp³-hybridized carbons (Fsp3) is 0.680. The lowest BCUT2D eigenvalue weighted by Gasteiger charge is -2.33. The second kappa shape index (κ2) is 9.71. The first-order valence-electron chi connectivity index (χ1n) is 12.9. The van der Waals surface area contributed by atoms with E-state index in [1.165, 1.54) is 10.7 Å². The van der Waals surface area contributed by atoms with E-state index in [0.717, 1.165) is 12.8 Å². The maximum atomic E-state index is 14.4. The fourth-order valence-electron chi connectivity index (χ4n) is 5.07. The van der Waals surface area contributed by atoms with Crippen molar-refractivity contribution < 1.29 is 35.9 Å². The molecule has 3 aliphatic rings. The van der Waals surface area contributed by atoms with Crippen LogP contribution in [0.15, 0.2) is 18.5 Å². The zero-order chi connectivity index (χ0) is 27.3. The molecule has 2 amide bonds. The first-order chi connectivity index (χ1) is 17.8. The van der Waals surface area contributed by atoms with Crippen LogP contribution in [0.25, 0.3) is 5.65 Å². The molecule has 0 radical (unpaired) electrons. The maximum absolute atomic E-state index is 14.4. The number of hydrogen-bond acceptors (Lipinski definition) is 4. The number of hydrogen-bond donors (Lipinski definition) is 2. The van der Waals surface area contributed by atoms with E-state index in [4.69, 9.17) is 0 Å². The first-order valence-corrected chi connectivity index (χ1v) is 12.9. The number of nitrogens with one attached hydrogen (secondary N) is 2. The number of halogens is 6. The highest BCUT2D eigenvalue weighted by Gasteiger charge is 2.52. The fourth-order valence-corrected chi connectivity index (χ4v) is 5.07. The number of fused-ring (bicyclic) bond motifs is 1. The van der Waals surface area contributed by atoms with Crippen LogP contribution in [0.5, 0.6) is 0 Å². The molecule has 38 heavy (non-hydrogen) atoms. The highest BCUT2D eigenvalue weighted by molar-refractivity contribution is 5.88. The quantitative estimate of drug-likeness (QED) is 0.428. The summed E-state index contributed by atoms with van der Waals surface area (Å²) < 4.78 is 81.1. The van der Waals surface area contributed by atoms with Crippen molar-refractivity contribution in [2.45, 2.75) is 94.1 Å². The smallest absolute Gasteiger partial charge is 0.349 e. The van der Waals surface area contributed by atoms with E-state index in [9.17, 15) is 35.9 Å². The summed E-state index contributed by atoms with van der Waals surface area (Å²) in [6.45, 7) is 0. The molecule has 3 fully saturated rings. The van der Waals surface area contributed by atoms with E-state index in [1.54, 1.807) is 12.3 Å². The predicted octanol–water partition coefficient (Wildman–Crippen LogP) is 5.12. The van der Waals surface area contributed by atoms with E-state index in [-0.39, 0.29) is 50.4 Å². The van der Waals surface area contributed by atoms with Crippen molar-refractivity contribution in [2.75, 3.05) is 0 Å². The second-order valence-corrected chi connectivity index (χ2v) is 10.9. The molecular formula is C25H29F6N5O2. The third kappa shape index (κ3) is 6.23. The molecule has 2 N–H and O–H groups in total. The van der Waals surface area contributed by atoms with Crippen molar-refractivity contribution in [2.24, 2.45) is 11.8 Å². The Kier molecular flexibility index (Phi) is 6.83. The Morgan fingerprint density at radius 1 is 1.00 bits per heavy atom. The van der Waals surface area contributed by atoms with Gasteiger partial charge in [0.25, 0.3) is 5.91 Å². The van der Waals surface area contributed by atoms with Crippen LogP contribution in [-0.4, -0.2) is 44.2 Å². The SMILES string of the molecule is O=C(CCC(F)(F)F)N[C@@H](c1cnn2cc([C@@H](NC(=O)C3(F)CC3)C3CCC(F)(F)CC3)nc2c1)C1CC1. The van der Waals surface area contributed by atoms with Crippen LogP contribution in [0.2, 0.25) is 0 Å². The average Bonchev–Trinajstić information content (AvgIpc) is 3.77. The summed E-state index contributed by atoms with van der Waals surface area (Å²) in [5, 5.41) is 9.72. The van der Waals surface area contributed by atoms with Crippen LogP contribution in [0.4, 0.5) is 26.3 Å². The minimum absolute atomic E-state index is 0.0683. The lowest BCUT2D eigenvalue weighted by molar-refractivity contribution is -0.144. The molecule has 2 heterocycles. The summed E-state index contributed by atoms with van der Waals surface area (Å²) in [5.74, 6) is -4.56. The highest BCUT2D eigenvalue weighted by Crippen LogP contribution is 2.44. The molecule has 0 unspecified atom stereocenters. The average molecular weight is 546 g/mol. The molecule has 0 bridgehead atoms. The summed E-state index contributed by atoms with van der Waals surface area (Å²) >= 11 is 0. The number of amides is 2. The number of aromatic nitrogens is 3. The highest BCUT2D eigenvalue weighted by atomic mass is 19.4. The Morgan fingerprint density at radius 2 is 1.66 bits per heavy atom. The van der Waals surface area contributed by atoms with Crippen LogP contribution in [-0.2, 0) is 9.59 Å². The topological polar surface area (TPSA) is 88.4 Å². The molecule has 0 spiro atoms. The lowest BCUT2D eigenvalue weighted by atomic mass is 9.81. The van der Waals surface area contributed by atoms with Gasteiger partial charge in [0.1, 0.15) is 0 Å². The number of alkyl halides is 6. The van der Waals surface area contributed by atoms with Gasteiger partial charge < -0.3 is 10.6 Å². The van der Waals surface area contributed by atoms with Gasteiger partial charge in [0.05, 0.1) is 36.6 Å². The van der Waals surface area contributed by atoms with Crippen molar-refractivity contribution in [1.29, 1.82) is 0 Å². The van der Waals surface area contributed by atoms with Gasteiger partial charge in [-0.3, -0.25) is 9.59 Å². The Balaban J connectivity index is 1.37. The van der Waals surface area contributed by atoms with E-state index < -0.39 is 54.5 Å². The van der Waals surface area contributed by atoms with Gasteiger partial charge in [0.2, 0.25) is 11.8 Å². The summed E-state index contributed by atoms with van der Waals surface area (Å²) in [6, 6.07) is 0.360. The zero-order valence-electron chi connectivity index (χ0n) is 20.5. The van der Waals surface area contributed by atoms with Gasteiger partial charge in [-0.05, 0) is 62.0 Å². The van der Waals surface area contributed by atoms with Gasteiger partial charge in [0, 0.05) is 19.3 Å². The summed E-state index contributed by atoms with van der Waals surface area (Å²) in [5.41, 5.74) is -0.645. The number of carbonyl (C=O) groups excluding carboxylic acids is 2. The third-order valence-corrected chi connectivity index (χ3v) is 7.70. The monoisotopic (exact) mass is 545 g/mol. The number of carbonyl (C=O) groups is 2. The van der Waals surface area contributed by atoms with Gasteiger partial charge >= 0.3 is 6.18 Å². The molecule has 0 saturated heterocycles. The Hall–Kier alpha value is -2.86. The van der Waals surface area contributed by atoms with E-state index in [0.29, 0.717) is 16.9 Å². The molecule has 7 nitrogen and oxygen atoms in total. The van der Waals surface area contributed by atoms with Crippen molar-refractivity contribution >= 4 is 17.5 Å². The number of imidazole rings is 1. The normalized spacial score (nSPS) is 22.6. The minimum Gasteiger partial charge on any atom is -0.349 e. The first kappa shape index (κ1) is 26.7. The predicted molar refractivity (Wildman–Crippen MR) is 123 cm³/mol. The van der Waals surface area contributed by atoms with Gasteiger partial charge in [-0.2, -0.15) is 18.3 Å².